The van der Waals surface area contributed by atoms with Gasteiger partial charge in [0.05, 0.1) is 6.61 Å². The van der Waals surface area contributed by atoms with Crippen LogP contribution in [0.2, 0.25) is 0 Å². The maximum absolute atomic E-state index is 11.2. The smallest absolute Gasteiger partial charge is 0.192 e. The number of aliphatic hydroxyl groups is 3. The highest BCUT2D eigenvalue weighted by molar-refractivity contribution is 5.88. The summed E-state index contributed by atoms with van der Waals surface area (Å²) in [6, 6.07) is 0. The Hall–Kier alpha value is -0.490. The summed E-state index contributed by atoms with van der Waals surface area (Å²) < 4.78 is 4.91. The Morgan fingerprint density at radius 3 is 2.62 bits per heavy atom. The van der Waals surface area contributed by atoms with E-state index in [1.165, 1.54) is 13.8 Å². The molecule has 0 aromatic rings. The molecule has 0 aromatic carbocycles. The Morgan fingerprint density at radius 2 is 2.15 bits per heavy atom. The summed E-state index contributed by atoms with van der Waals surface area (Å²) >= 11 is 0. The molecule has 1 aliphatic heterocycles. The van der Waals surface area contributed by atoms with Gasteiger partial charge in [-0.15, -0.1) is 0 Å². The molecule has 76 valence electrons. The predicted molar refractivity (Wildman–Crippen MR) is 42.8 cm³/mol. The lowest BCUT2D eigenvalue weighted by Crippen LogP contribution is -2.57. The Balaban J connectivity index is 2.85. The minimum absolute atomic E-state index is 0.529. The summed E-state index contributed by atoms with van der Waals surface area (Å²) in [4.78, 5) is 11.2. The molecule has 0 aliphatic carbocycles. The molecule has 0 spiro atoms. The van der Waals surface area contributed by atoms with Crippen LogP contribution >= 0.6 is 0 Å². The van der Waals surface area contributed by atoms with E-state index in [9.17, 15) is 15.0 Å². The maximum Gasteiger partial charge on any atom is 0.192 e. The van der Waals surface area contributed by atoms with Crippen molar-refractivity contribution in [2.24, 2.45) is 5.92 Å². The van der Waals surface area contributed by atoms with Gasteiger partial charge in [-0.05, 0) is 6.92 Å². The molecule has 13 heavy (non-hydrogen) atoms. The average molecular weight is 190 g/mol. The molecule has 1 rings (SSSR count). The Bertz CT molecular complexity index is 209. The van der Waals surface area contributed by atoms with Crippen molar-refractivity contribution in [3.8, 4) is 0 Å². The normalized spacial score (nSPS) is 46.5. The zero-order chi connectivity index (χ0) is 10.2. The highest BCUT2D eigenvalue weighted by Gasteiger charge is 2.47. The number of hydrogen-bond acceptors (Lipinski definition) is 5. The van der Waals surface area contributed by atoms with Crippen molar-refractivity contribution < 1.29 is 24.9 Å². The van der Waals surface area contributed by atoms with Crippen molar-refractivity contribution in [1.82, 2.24) is 0 Å². The van der Waals surface area contributed by atoms with Crippen molar-refractivity contribution in [3.05, 3.63) is 0 Å². The zero-order valence-electron chi connectivity index (χ0n) is 7.60. The second kappa shape index (κ2) is 3.34. The van der Waals surface area contributed by atoms with Gasteiger partial charge in [0.25, 0.3) is 0 Å². The van der Waals surface area contributed by atoms with Crippen molar-refractivity contribution in [3.63, 3.8) is 0 Å². The van der Waals surface area contributed by atoms with E-state index in [4.69, 9.17) is 9.84 Å². The fraction of sp³-hybridized carbons (Fsp3) is 0.875. The van der Waals surface area contributed by atoms with Crippen LogP contribution in [0.4, 0.5) is 0 Å². The van der Waals surface area contributed by atoms with Crippen LogP contribution in [0.1, 0.15) is 13.8 Å². The molecule has 3 unspecified atom stereocenters. The third-order valence-corrected chi connectivity index (χ3v) is 2.47. The van der Waals surface area contributed by atoms with Gasteiger partial charge in [-0.25, -0.2) is 0 Å². The van der Waals surface area contributed by atoms with Gasteiger partial charge in [-0.3, -0.25) is 4.79 Å². The number of ether oxygens (including phenoxy) is 1. The lowest BCUT2D eigenvalue weighted by molar-refractivity contribution is -0.279. The Labute approximate surface area is 75.9 Å². The van der Waals surface area contributed by atoms with Gasteiger partial charge >= 0.3 is 0 Å². The Kier molecular flexibility index (Phi) is 2.72. The first kappa shape index (κ1) is 10.6. The molecule has 0 bridgehead atoms. The maximum atomic E-state index is 11.2. The van der Waals surface area contributed by atoms with Crippen LogP contribution in [0.3, 0.4) is 0 Å². The van der Waals surface area contributed by atoms with E-state index < -0.39 is 36.3 Å². The molecule has 0 amide bonds. The van der Waals surface area contributed by atoms with E-state index >= 15 is 0 Å². The minimum Gasteiger partial charge on any atom is -0.393 e. The molecule has 0 saturated carbocycles. The first-order chi connectivity index (χ1) is 5.90. The fourth-order valence-corrected chi connectivity index (χ4v) is 1.31. The standard InChI is InChI=1S/C8H14O5/c1-4-6(10)7(11)5(3-9)13-8(4,2)12/h4-6,9-10,12H,3H2,1-2H3/t4?,5?,6?,8-/m0/s1. The molecule has 1 fully saturated rings. The van der Waals surface area contributed by atoms with Gasteiger partial charge in [0.1, 0.15) is 12.2 Å². The van der Waals surface area contributed by atoms with Crippen LogP contribution in [-0.2, 0) is 9.53 Å². The van der Waals surface area contributed by atoms with Crippen LogP contribution in [0.15, 0.2) is 0 Å². The number of carbonyl (C=O) groups is 1. The molecule has 0 radical (unpaired) electrons. The quantitative estimate of drug-likeness (QED) is 0.476. The summed E-state index contributed by atoms with van der Waals surface area (Å²) in [7, 11) is 0. The number of rotatable bonds is 1. The number of Topliss-reactive ketones (excluding diaryl/α,β-unsaturated/α-hetero) is 1. The third kappa shape index (κ3) is 1.73. The second-order valence-corrected chi connectivity index (χ2v) is 3.48. The van der Waals surface area contributed by atoms with Crippen LogP contribution in [-0.4, -0.2) is 45.7 Å². The predicted octanol–water partition coefficient (Wildman–Crippen LogP) is -1.35. The van der Waals surface area contributed by atoms with Gasteiger partial charge in [0, 0.05) is 5.92 Å². The number of aliphatic hydroxyl groups excluding tert-OH is 2. The van der Waals surface area contributed by atoms with Crippen LogP contribution in [0.5, 0.6) is 0 Å². The second-order valence-electron chi connectivity index (χ2n) is 3.48. The van der Waals surface area contributed by atoms with Gasteiger partial charge in [0.2, 0.25) is 0 Å². The number of hydrogen-bond donors (Lipinski definition) is 3. The molecule has 3 N–H and O–H groups in total. The monoisotopic (exact) mass is 190 g/mol. The van der Waals surface area contributed by atoms with Crippen LogP contribution < -0.4 is 0 Å². The molecule has 5 heteroatoms. The summed E-state index contributed by atoms with van der Waals surface area (Å²) in [5.41, 5.74) is 0. The van der Waals surface area contributed by atoms with E-state index in [-0.39, 0.29) is 0 Å². The highest BCUT2D eigenvalue weighted by atomic mass is 16.6. The third-order valence-electron chi connectivity index (χ3n) is 2.47. The summed E-state index contributed by atoms with van der Waals surface area (Å²) in [5.74, 6) is -2.84. The molecule has 1 heterocycles. The van der Waals surface area contributed by atoms with Gasteiger partial charge < -0.3 is 20.1 Å². The van der Waals surface area contributed by atoms with Crippen molar-refractivity contribution in [1.29, 1.82) is 0 Å². The Morgan fingerprint density at radius 1 is 1.62 bits per heavy atom. The largest absolute Gasteiger partial charge is 0.393 e. The SMILES string of the molecule is CC1C(O)C(=O)C(CO)O[C@]1(C)O. The topological polar surface area (TPSA) is 87.0 Å². The first-order valence-corrected chi connectivity index (χ1v) is 4.13. The van der Waals surface area contributed by atoms with Crippen molar-refractivity contribution >= 4 is 5.78 Å². The molecular formula is C8H14O5. The van der Waals surface area contributed by atoms with Gasteiger partial charge in [-0.1, -0.05) is 6.92 Å². The van der Waals surface area contributed by atoms with Gasteiger partial charge in [0.15, 0.2) is 11.6 Å². The minimum atomic E-state index is -1.57. The van der Waals surface area contributed by atoms with E-state index in [2.05, 4.69) is 0 Å². The highest BCUT2D eigenvalue weighted by Crippen LogP contribution is 2.29. The van der Waals surface area contributed by atoms with Crippen molar-refractivity contribution in [2.75, 3.05) is 6.61 Å². The van der Waals surface area contributed by atoms with Gasteiger partial charge in [-0.2, -0.15) is 0 Å². The fourth-order valence-electron chi connectivity index (χ4n) is 1.31. The molecule has 4 atom stereocenters. The summed E-state index contributed by atoms with van der Waals surface area (Å²) in [6.07, 6.45) is -2.40. The van der Waals surface area contributed by atoms with Crippen LogP contribution in [0.25, 0.3) is 0 Å². The van der Waals surface area contributed by atoms with E-state index in [0.717, 1.165) is 0 Å². The summed E-state index contributed by atoms with van der Waals surface area (Å²) in [5, 5.41) is 27.7. The molecule has 1 aliphatic rings. The number of carbonyl (C=O) groups excluding carboxylic acids is 1. The van der Waals surface area contributed by atoms with E-state index in [0.29, 0.717) is 0 Å². The molecule has 5 nitrogen and oxygen atoms in total. The average Bonchev–Trinajstić information content (AvgIpc) is 2.08. The van der Waals surface area contributed by atoms with Crippen molar-refractivity contribution in [2.45, 2.75) is 31.8 Å². The first-order valence-electron chi connectivity index (χ1n) is 4.13. The van der Waals surface area contributed by atoms with E-state index in [1.807, 2.05) is 0 Å². The molecule has 0 aromatic heterocycles. The summed E-state index contributed by atoms with van der Waals surface area (Å²) in [6.45, 7) is 2.34. The van der Waals surface area contributed by atoms with Crippen LogP contribution in [0, 0.1) is 5.92 Å². The lowest BCUT2D eigenvalue weighted by Gasteiger charge is -2.40. The lowest BCUT2D eigenvalue weighted by atomic mass is 9.88. The van der Waals surface area contributed by atoms with E-state index in [1.54, 1.807) is 0 Å². The zero-order valence-corrected chi connectivity index (χ0v) is 7.60. The molecule has 1 saturated heterocycles. The number of ketones is 1. The molecular weight excluding hydrogens is 176 g/mol.